The summed E-state index contributed by atoms with van der Waals surface area (Å²) in [6, 6.07) is 14.3. The summed E-state index contributed by atoms with van der Waals surface area (Å²) in [4.78, 5) is 48.0. The number of hydrogen-bond donors (Lipinski definition) is 1. The lowest BCUT2D eigenvalue weighted by Crippen LogP contribution is -2.32. The van der Waals surface area contributed by atoms with Crippen molar-refractivity contribution in [2.45, 2.75) is 26.3 Å². The lowest BCUT2D eigenvalue weighted by atomic mass is 10.1. The number of nitrogens with one attached hydrogen (secondary N) is 1. The van der Waals surface area contributed by atoms with Crippen LogP contribution < -0.4 is 10.5 Å². The van der Waals surface area contributed by atoms with Crippen molar-refractivity contribution >= 4 is 28.4 Å². The Morgan fingerprint density at radius 1 is 1.17 bits per heavy atom. The van der Waals surface area contributed by atoms with Crippen LogP contribution >= 0.6 is 0 Å². The van der Waals surface area contributed by atoms with E-state index < -0.39 is 0 Å². The Balaban J connectivity index is 1.59. The minimum Gasteiger partial charge on any atom is -0.331 e. The Bertz CT molecular complexity index is 1140. The molecule has 7 nitrogen and oxygen atoms in total. The van der Waals surface area contributed by atoms with E-state index in [0.29, 0.717) is 41.8 Å². The lowest BCUT2D eigenvalue weighted by molar-refractivity contribution is -0.117. The maximum Gasteiger partial charge on any atom is 0.258 e. The van der Waals surface area contributed by atoms with Crippen LogP contribution in [0.2, 0.25) is 0 Å². The highest BCUT2D eigenvalue weighted by molar-refractivity contribution is 5.99. The van der Waals surface area contributed by atoms with Crippen molar-refractivity contribution in [3.8, 4) is 0 Å². The Morgan fingerprint density at radius 3 is 2.76 bits per heavy atom. The molecule has 2 amide bonds. The average Bonchev–Trinajstić information content (AvgIpc) is 3.17. The molecule has 0 saturated carbocycles. The number of nitrogens with zero attached hydrogens (tertiary/aromatic N) is 3. The highest BCUT2D eigenvalue weighted by atomic mass is 16.2. The summed E-state index contributed by atoms with van der Waals surface area (Å²) in [5.41, 5.74) is 1.63. The Hall–Kier alpha value is -3.48. The van der Waals surface area contributed by atoms with Gasteiger partial charge in [-0.1, -0.05) is 18.2 Å². The van der Waals surface area contributed by atoms with E-state index in [1.165, 1.54) is 0 Å². The summed E-state index contributed by atoms with van der Waals surface area (Å²) in [5.74, 6) is 0.353. The first-order valence-corrected chi connectivity index (χ1v) is 9.74. The molecule has 1 fully saturated rings. The molecule has 2 aromatic carbocycles. The summed E-state index contributed by atoms with van der Waals surface area (Å²) in [6.07, 6.45) is 1.37. The average molecular weight is 390 g/mol. The van der Waals surface area contributed by atoms with Crippen LogP contribution in [0.15, 0.2) is 53.3 Å². The topological polar surface area (TPSA) is 86.4 Å². The molecular formula is C22H22N4O3. The van der Waals surface area contributed by atoms with Gasteiger partial charge in [0.05, 0.1) is 17.4 Å². The van der Waals surface area contributed by atoms with Crippen molar-refractivity contribution in [2.24, 2.45) is 0 Å². The third kappa shape index (κ3) is 3.76. The maximum absolute atomic E-state index is 13.1. The molecule has 148 valence electrons. The van der Waals surface area contributed by atoms with Crippen molar-refractivity contribution < 1.29 is 9.59 Å². The number of H-pyrrole nitrogens is 1. The first-order valence-electron chi connectivity index (χ1n) is 9.74. The zero-order valence-corrected chi connectivity index (χ0v) is 16.2. The summed E-state index contributed by atoms with van der Waals surface area (Å²) in [6.45, 7) is 3.21. The number of carbonyl (C=O) groups excluding carboxylic acids is 2. The van der Waals surface area contributed by atoms with Gasteiger partial charge in [-0.3, -0.25) is 14.4 Å². The number of aromatic nitrogens is 2. The number of carbonyl (C=O) groups is 2. The third-order valence-electron chi connectivity index (χ3n) is 5.15. The smallest absolute Gasteiger partial charge is 0.258 e. The fourth-order valence-electron chi connectivity index (χ4n) is 3.63. The molecule has 0 atom stereocenters. The number of fused-ring (bicyclic) bond motifs is 1. The monoisotopic (exact) mass is 390 g/mol. The molecule has 2 heterocycles. The summed E-state index contributed by atoms with van der Waals surface area (Å²) >= 11 is 0. The van der Waals surface area contributed by atoms with Crippen LogP contribution in [0, 0.1) is 0 Å². The van der Waals surface area contributed by atoms with Gasteiger partial charge in [0.25, 0.3) is 11.5 Å². The van der Waals surface area contributed by atoms with Gasteiger partial charge >= 0.3 is 0 Å². The van der Waals surface area contributed by atoms with Crippen molar-refractivity contribution in [3.05, 3.63) is 70.3 Å². The molecule has 1 saturated heterocycles. The van der Waals surface area contributed by atoms with E-state index >= 15 is 0 Å². The van der Waals surface area contributed by atoms with Gasteiger partial charge in [-0.2, -0.15) is 0 Å². The number of benzene rings is 2. The van der Waals surface area contributed by atoms with Gasteiger partial charge in [0.2, 0.25) is 5.91 Å². The molecule has 1 aliphatic heterocycles. The normalized spacial score (nSPS) is 13.8. The number of para-hydroxylation sites is 1. The van der Waals surface area contributed by atoms with E-state index in [1.807, 2.05) is 19.1 Å². The van der Waals surface area contributed by atoms with E-state index in [9.17, 15) is 14.4 Å². The number of anilines is 1. The fourth-order valence-corrected chi connectivity index (χ4v) is 3.63. The van der Waals surface area contributed by atoms with Crippen LogP contribution in [-0.4, -0.2) is 39.8 Å². The van der Waals surface area contributed by atoms with Gasteiger partial charge in [0, 0.05) is 30.8 Å². The zero-order valence-electron chi connectivity index (χ0n) is 16.2. The number of amides is 2. The largest absolute Gasteiger partial charge is 0.331 e. The Labute approximate surface area is 168 Å². The molecule has 0 unspecified atom stereocenters. The van der Waals surface area contributed by atoms with E-state index in [-0.39, 0.29) is 23.9 Å². The van der Waals surface area contributed by atoms with Crippen molar-refractivity contribution in [2.75, 3.05) is 18.0 Å². The van der Waals surface area contributed by atoms with E-state index in [0.717, 1.165) is 12.1 Å². The van der Waals surface area contributed by atoms with Gasteiger partial charge in [-0.05, 0) is 43.7 Å². The molecule has 1 aliphatic rings. The summed E-state index contributed by atoms with van der Waals surface area (Å²) in [7, 11) is 0. The van der Waals surface area contributed by atoms with Crippen LogP contribution in [-0.2, 0) is 11.3 Å². The van der Waals surface area contributed by atoms with Crippen LogP contribution in [0.1, 0.15) is 35.9 Å². The lowest BCUT2D eigenvalue weighted by Gasteiger charge is -2.22. The molecule has 0 aliphatic carbocycles. The van der Waals surface area contributed by atoms with Gasteiger partial charge in [-0.15, -0.1) is 0 Å². The first-order chi connectivity index (χ1) is 14.1. The molecule has 29 heavy (non-hydrogen) atoms. The predicted octanol–water partition coefficient (Wildman–Crippen LogP) is 2.71. The maximum atomic E-state index is 13.1. The first kappa shape index (κ1) is 18.9. The van der Waals surface area contributed by atoms with Crippen LogP contribution in [0.4, 0.5) is 5.69 Å². The molecule has 7 heteroatoms. The standard InChI is InChI=1S/C22H22N4O3/c1-2-25(14-19-23-18-10-4-3-9-17(18)21(28)24-19)22(29)15-7-5-8-16(13-15)26-12-6-11-20(26)27/h3-5,7-10,13H,2,6,11-12,14H2,1H3,(H,23,24,28). The number of rotatable bonds is 5. The molecule has 0 spiro atoms. The fraction of sp³-hybridized carbons (Fsp3) is 0.273. The minimum absolute atomic E-state index is 0.0832. The molecule has 1 aromatic heterocycles. The van der Waals surface area contributed by atoms with Gasteiger partial charge in [0.1, 0.15) is 5.82 Å². The molecule has 3 aromatic rings. The molecule has 0 radical (unpaired) electrons. The van der Waals surface area contributed by atoms with Crippen molar-refractivity contribution in [1.29, 1.82) is 0 Å². The molecule has 4 rings (SSSR count). The second kappa shape index (κ2) is 7.87. The zero-order chi connectivity index (χ0) is 20.4. The van der Waals surface area contributed by atoms with Gasteiger partial charge in [-0.25, -0.2) is 4.98 Å². The van der Waals surface area contributed by atoms with E-state index in [2.05, 4.69) is 9.97 Å². The van der Waals surface area contributed by atoms with Crippen LogP contribution in [0.3, 0.4) is 0 Å². The van der Waals surface area contributed by atoms with Crippen LogP contribution in [0.5, 0.6) is 0 Å². The van der Waals surface area contributed by atoms with E-state index in [1.54, 1.807) is 46.2 Å². The Morgan fingerprint density at radius 2 is 2.00 bits per heavy atom. The second-order valence-corrected chi connectivity index (χ2v) is 7.05. The third-order valence-corrected chi connectivity index (χ3v) is 5.15. The summed E-state index contributed by atoms with van der Waals surface area (Å²) < 4.78 is 0. The van der Waals surface area contributed by atoms with Gasteiger partial charge in [0.15, 0.2) is 0 Å². The highest BCUT2D eigenvalue weighted by Gasteiger charge is 2.23. The quantitative estimate of drug-likeness (QED) is 0.726. The van der Waals surface area contributed by atoms with Crippen LogP contribution in [0.25, 0.3) is 10.9 Å². The SMILES string of the molecule is CCN(Cc1nc2ccccc2c(=O)[nH]1)C(=O)c1cccc(N2CCCC2=O)c1. The number of hydrogen-bond acceptors (Lipinski definition) is 4. The van der Waals surface area contributed by atoms with Crippen molar-refractivity contribution in [1.82, 2.24) is 14.9 Å². The second-order valence-electron chi connectivity index (χ2n) is 7.05. The Kier molecular flexibility index (Phi) is 5.12. The summed E-state index contributed by atoms with van der Waals surface area (Å²) in [5, 5.41) is 0.522. The van der Waals surface area contributed by atoms with Crippen molar-refractivity contribution in [3.63, 3.8) is 0 Å². The molecule has 1 N–H and O–H groups in total. The molecular weight excluding hydrogens is 368 g/mol. The molecule has 0 bridgehead atoms. The highest BCUT2D eigenvalue weighted by Crippen LogP contribution is 2.23. The van der Waals surface area contributed by atoms with Gasteiger partial charge < -0.3 is 14.8 Å². The number of aromatic amines is 1. The predicted molar refractivity (Wildman–Crippen MR) is 111 cm³/mol. The minimum atomic E-state index is -0.219. The van der Waals surface area contributed by atoms with E-state index in [4.69, 9.17) is 0 Å².